The molecule has 1 aromatic heterocycles. The molecular weight excluding hydrogens is 334 g/mol. The molecule has 0 radical (unpaired) electrons. The second-order valence-corrected chi connectivity index (χ2v) is 8.53. The van der Waals surface area contributed by atoms with E-state index in [0.29, 0.717) is 24.4 Å². The number of amides is 1. The SMILES string of the molecule is CSc1nnc([C@H]2CCC[NH+](CC(=O)N[C@H]3CCCC[C@H]3C)C2)n1C. The van der Waals surface area contributed by atoms with Crippen molar-refractivity contribution in [3.05, 3.63) is 5.82 Å². The molecule has 0 aromatic carbocycles. The summed E-state index contributed by atoms with van der Waals surface area (Å²) in [5, 5.41) is 12.9. The average Bonchev–Trinajstić information content (AvgIpc) is 2.98. The van der Waals surface area contributed by atoms with Crippen molar-refractivity contribution in [2.75, 3.05) is 25.9 Å². The summed E-state index contributed by atoms with van der Waals surface area (Å²) in [6.45, 7) is 4.92. The van der Waals surface area contributed by atoms with Crippen LogP contribution in [0.5, 0.6) is 0 Å². The number of hydrogen-bond acceptors (Lipinski definition) is 4. The predicted octanol–water partition coefficient (Wildman–Crippen LogP) is 0.994. The molecule has 1 aromatic rings. The van der Waals surface area contributed by atoms with Gasteiger partial charge in [-0.2, -0.15) is 0 Å². The Hall–Kier alpha value is -1.08. The van der Waals surface area contributed by atoms with Crippen LogP contribution in [0.4, 0.5) is 0 Å². The molecule has 140 valence electrons. The number of hydrogen-bond donors (Lipinski definition) is 2. The number of nitrogens with one attached hydrogen (secondary N) is 2. The average molecular weight is 367 g/mol. The maximum atomic E-state index is 12.5. The molecule has 1 unspecified atom stereocenters. The van der Waals surface area contributed by atoms with Crippen molar-refractivity contribution in [3.63, 3.8) is 0 Å². The first-order valence-corrected chi connectivity index (χ1v) is 10.9. The van der Waals surface area contributed by atoms with Crippen LogP contribution in [0.15, 0.2) is 5.16 Å². The van der Waals surface area contributed by atoms with Gasteiger partial charge in [0.1, 0.15) is 5.82 Å². The molecule has 1 aliphatic carbocycles. The smallest absolute Gasteiger partial charge is 0.275 e. The Bertz CT molecular complexity index is 590. The lowest BCUT2D eigenvalue weighted by Crippen LogP contribution is -3.14. The van der Waals surface area contributed by atoms with Crippen molar-refractivity contribution < 1.29 is 9.69 Å². The van der Waals surface area contributed by atoms with Crippen molar-refractivity contribution in [2.45, 2.75) is 62.6 Å². The van der Waals surface area contributed by atoms with Crippen molar-refractivity contribution >= 4 is 17.7 Å². The van der Waals surface area contributed by atoms with Gasteiger partial charge in [-0.05, 0) is 37.9 Å². The van der Waals surface area contributed by atoms with E-state index < -0.39 is 0 Å². The molecule has 0 spiro atoms. The van der Waals surface area contributed by atoms with E-state index >= 15 is 0 Å². The van der Waals surface area contributed by atoms with Gasteiger partial charge in [0.05, 0.1) is 19.0 Å². The third-order valence-corrected chi connectivity index (χ3v) is 6.62. The maximum absolute atomic E-state index is 12.5. The Morgan fingerprint density at radius 2 is 2.08 bits per heavy atom. The second kappa shape index (κ2) is 8.54. The summed E-state index contributed by atoms with van der Waals surface area (Å²) < 4.78 is 2.11. The molecule has 0 bridgehead atoms. The predicted molar refractivity (Wildman–Crippen MR) is 99.9 cm³/mol. The van der Waals surface area contributed by atoms with Crippen LogP contribution in [0.2, 0.25) is 0 Å². The van der Waals surface area contributed by atoms with Gasteiger partial charge in [-0.1, -0.05) is 31.5 Å². The highest BCUT2D eigenvalue weighted by molar-refractivity contribution is 7.98. The number of quaternary nitrogens is 1. The van der Waals surface area contributed by atoms with Crippen molar-refractivity contribution in [3.8, 4) is 0 Å². The zero-order valence-electron chi connectivity index (χ0n) is 15.8. The molecular formula is C18H32N5OS+. The summed E-state index contributed by atoms with van der Waals surface area (Å²) in [6, 6.07) is 0.379. The Balaban J connectivity index is 1.54. The molecule has 7 heteroatoms. The van der Waals surface area contributed by atoms with Crippen LogP contribution in [0.3, 0.4) is 0 Å². The van der Waals surface area contributed by atoms with E-state index in [1.165, 1.54) is 24.2 Å². The first-order valence-electron chi connectivity index (χ1n) is 9.64. The normalized spacial score (nSPS) is 30.2. The molecule has 2 N–H and O–H groups in total. The van der Waals surface area contributed by atoms with Crippen LogP contribution in [0.1, 0.15) is 57.2 Å². The molecule has 25 heavy (non-hydrogen) atoms. The molecule has 4 atom stereocenters. The standard InChI is InChI=1S/C18H31N5OS/c1-13-7-4-5-9-15(13)19-16(24)12-23-10-6-8-14(11-23)17-20-21-18(25-3)22(17)2/h13-15H,4-12H2,1-3H3,(H,19,24)/p+1/t13-,14+,15+/m1/s1. The molecule has 3 rings (SSSR count). The lowest BCUT2D eigenvalue weighted by Gasteiger charge is -2.32. The van der Waals surface area contributed by atoms with Gasteiger partial charge in [0, 0.05) is 13.1 Å². The molecule has 1 saturated carbocycles. The quantitative estimate of drug-likeness (QED) is 0.763. The number of aromatic nitrogens is 3. The fraction of sp³-hybridized carbons (Fsp3) is 0.833. The monoisotopic (exact) mass is 366 g/mol. The number of carbonyl (C=O) groups is 1. The van der Waals surface area contributed by atoms with Crippen molar-refractivity contribution in [1.29, 1.82) is 0 Å². The van der Waals surface area contributed by atoms with Crippen LogP contribution in [0.25, 0.3) is 0 Å². The van der Waals surface area contributed by atoms with Crippen LogP contribution < -0.4 is 10.2 Å². The van der Waals surface area contributed by atoms with E-state index in [1.807, 2.05) is 13.3 Å². The summed E-state index contributed by atoms with van der Waals surface area (Å²) >= 11 is 1.63. The van der Waals surface area contributed by atoms with Crippen LogP contribution in [0, 0.1) is 5.92 Å². The highest BCUT2D eigenvalue weighted by Gasteiger charge is 2.30. The summed E-state index contributed by atoms with van der Waals surface area (Å²) in [4.78, 5) is 13.9. The van der Waals surface area contributed by atoms with E-state index in [0.717, 1.165) is 43.3 Å². The maximum Gasteiger partial charge on any atom is 0.275 e. The first kappa shape index (κ1) is 18.7. The van der Waals surface area contributed by atoms with Crippen LogP contribution >= 0.6 is 11.8 Å². The number of piperidine rings is 1. The minimum Gasteiger partial charge on any atom is -0.348 e. The van der Waals surface area contributed by atoms with Gasteiger partial charge in [0.2, 0.25) is 0 Å². The molecule has 2 heterocycles. The number of carbonyl (C=O) groups excluding carboxylic acids is 1. The van der Waals surface area contributed by atoms with Crippen molar-refractivity contribution in [1.82, 2.24) is 20.1 Å². The molecule has 6 nitrogen and oxygen atoms in total. The van der Waals surface area contributed by atoms with Gasteiger partial charge in [0.15, 0.2) is 11.7 Å². The van der Waals surface area contributed by atoms with Gasteiger partial charge in [0.25, 0.3) is 5.91 Å². The van der Waals surface area contributed by atoms with Gasteiger partial charge in [-0.25, -0.2) is 0 Å². The van der Waals surface area contributed by atoms with Gasteiger partial charge in [-0.3, -0.25) is 4.79 Å². The van der Waals surface area contributed by atoms with Gasteiger partial charge >= 0.3 is 0 Å². The molecule has 1 amide bonds. The summed E-state index contributed by atoms with van der Waals surface area (Å²) in [5.41, 5.74) is 0. The zero-order valence-corrected chi connectivity index (χ0v) is 16.6. The second-order valence-electron chi connectivity index (χ2n) is 7.76. The zero-order chi connectivity index (χ0) is 17.8. The molecule has 2 fully saturated rings. The lowest BCUT2D eigenvalue weighted by molar-refractivity contribution is -0.898. The molecule has 1 saturated heterocycles. The molecule has 2 aliphatic rings. The number of nitrogens with zero attached hydrogens (tertiary/aromatic N) is 3. The lowest BCUT2D eigenvalue weighted by atomic mass is 9.86. The first-order chi connectivity index (χ1) is 12.1. The number of likely N-dealkylation sites (tertiary alicyclic amines) is 1. The topological polar surface area (TPSA) is 64.2 Å². The summed E-state index contributed by atoms with van der Waals surface area (Å²) in [7, 11) is 2.05. The fourth-order valence-electron chi connectivity index (χ4n) is 4.41. The number of thioether (sulfide) groups is 1. The Kier molecular flexibility index (Phi) is 6.39. The Labute approximate surface area is 155 Å². The largest absolute Gasteiger partial charge is 0.348 e. The highest BCUT2D eigenvalue weighted by Crippen LogP contribution is 2.24. The third-order valence-electron chi connectivity index (χ3n) is 5.90. The highest BCUT2D eigenvalue weighted by atomic mass is 32.2. The number of rotatable bonds is 5. The summed E-state index contributed by atoms with van der Waals surface area (Å²) in [5.74, 6) is 2.31. The van der Waals surface area contributed by atoms with E-state index in [4.69, 9.17) is 0 Å². The van der Waals surface area contributed by atoms with Crippen LogP contribution in [-0.2, 0) is 11.8 Å². The minimum atomic E-state index is 0.220. The van der Waals surface area contributed by atoms with E-state index in [1.54, 1.807) is 11.8 Å². The van der Waals surface area contributed by atoms with Crippen molar-refractivity contribution in [2.24, 2.45) is 13.0 Å². The van der Waals surface area contributed by atoms with E-state index in [2.05, 4.69) is 27.0 Å². The minimum absolute atomic E-state index is 0.220. The Morgan fingerprint density at radius 3 is 2.80 bits per heavy atom. The van der Waals surface area contributed by atoms with Gasteiger partial charge < -0.3 is 14.8 Å². The Morgan fingerprint density at radius 1 is 1.28 bits per heavy atom. The van der Waals surface area contributed by atoms with Gasteiger partial charge in [-0.15, -0.1) is 10.2 Å². The molecule has 1 aliphatic heterocycles. The fourth-order valence-corrected chi connectivity index (χ4v) is 4.90. The van der Waals surface area contributed by atoms with E-state index in [-0.39, 0.29) is 5.91 Å². The third kappa shape index (κ3) is 4.56. The van der Waals surface area contributed by atoms with E-state index in [9.17, 15) is 4.79 Å². The summed E-state index contributed by atoms with van der Waals surface area (Å²) in [6.07, 6.45) is 9.26. The van der Waals surface area contributed by atoms with Crippen LogP contribution in [-0.4, -0.2) is 52.6 Å².